The Labute approximate surface area is 143 Å². The van der Waals surface area contributed by atoms with Gasteiger partial charge in [-0.1, -0.05) is 48.0 Å². The Morgan fingerprint density at radius 3 is 2.71 bits per heavy atom. The number of rotatable bonds is 1. The predicted molar refractivity (Wildman–Crippen MR) is 92.5 cm³/mol. The summed E-state index contributed by atoms with van der Waals surface area (Å²) >= 11 is 6.38. The van der Waals surface area contributed by atoms with Crippen molar-refractivity contribution in [1.29, 1.82) is 5.26 Å². The number of nitrogens with two attached hydrogens (primary N) is 1. The van der Waals surface area contributed by atoms with E-state index < -0.39 is 0 Å². The summed E-state index contributed by atoms with van der Waals surface area (Å²) in [4.78, 5) is 4.41. The Morgan fingerprint density at radius 1 is 1.08 bits per heavy atom. The molecule has 5 heteroatoms. The molecule has 0 spiro atoms. The molecular formula is C19H12ClN3O. The van der Waals surface area contributed by atoms with Gasteiger partial charge in [-0.05, 0) is 17.7 Å². The molecule has 2 N–H and O–H groups in total. The van der Waals surface area contributed by atoms with Crippen LogP contribution in [0.3, 0.4) is 0 Å². The van der Waals surface area contributed by atoms with Crippen LogP contribution in [0.25, 0.3) is 10.9 Å². The van der Waals surface area contributed by atoms with E-state index in [-0.39, 0.29) is 11.8 Å². The van der Waals surface area contributed by atoms with Crippen LogP contribution >= 0.6 is 11.6 Å². The van der Waals surface area contributed by atoms with Gasteiger partial charge in [0.2, 0.25) is 5.88 Å². The molecule has 1 atom stereocenters. The van der Waals surface area contributed by atoms with Gasteiger partial charge in [0.05, 0.1) is 5.92 Å². The maximum Gasteiger partial charge on any atom is 0.205 e. The molecule has 116 valence electrons. The van der Waals surface area contributed by atoms with Gasteiger partial charge in [-0.15, -0.1) is 0 Å². The minimum absolute atomic E-state index is 0.0908. The lowest BCUT2D eigenvalue weighted by Crippen LogP contribution is -2.21. The van der Waals surface area contributed by atoms with Crippen LogP contribution in [0, 0.1) is 11.3 Å². The SMILES string of the molecule is N#CC1=C(N)Oc2c(ccc3cccnc23)C1c1ccccc1Cl. The molecule has 24 heavy (non-hydrogen) atoms. The Bertz CT molecular complexity index is 1040. The lowest BCUT2D eigenvalue weighted by Gasteiger charge is -2.27. The van der Waals surface area contributed by atoms with E-state index >= 15 is 0 Å². The first-order valence-corrected chi connectivity index (χ1v) is 7.78. The zero-order valence-electron chi connectivity index (χ0n) is 12.5. The lowest BCUT2D eigenvalue weighted by molar-refractivity contribution is 0.397. The minimum atomic E-state index is -0.376. The van der Waals surface area contributed by atoms with E-state index in [1.807, 2.05) is 42.5 Å². The number of nitriles is 1. The summed E-state index contributed by atoms with van der Waals surface area (Å²) in [6.45, 7) is 0. The summed E-state index contributed by atoms with van der Waals surface area (Å²) in [6.07, 6.45) is 1.70. The summed E-state index contributed by atoms with van der Waals surface area (Å²) in [5.41, 5.74) is 8.76. The molecule has 1 unspecified atom stereocenters. The molecule has 0 saturated heterocycles. The van der Waals surface area contributed by atoms with Gasteiger partial charge in [0.25, 0.3) is 0 Å². The van der Waals surface area contributed by atoms with Crippen molar-refractivity contribution in [1.82, 2.24) is 4.98 Å². The maximum atomic E-state index is 9.60. The number of hydrogen-bond donors (Lipinski definition) is 1. The van der Waals surface area contributed by atoms with E-state index in [9.17, 15) is 5.26 Å². The molecule has 1 aliphatic heterocycles. The highest BCUT2D eigenvalue weighted by Crippen LogP contribution is 2.46. The molecule has 0 fully saturated rings. The van der Waals surface area contributed by atoms with E-state index in [1.165, 1.54) is 0 Å². The molecule has 0 aliphatic carbocycles. The third kappa shape index (κ3) is 2.10. The average molecular weight is 334 g/mol. The highest BCUT2D eigenvalue weighted by Gasteiger charge is 2.33. The van der Waals surface area contributed by atoms with Crippen molar-refractivity contribution in [3.05, 3.63) is 82.3 Å². The van der Waals surface area contributed by atoms with Crippen LogP contribution in [0.4, 0.5) is 0 Å². The van der Waals surface area contributed by atoms with E-state index in [2.05, 4.69) is 11.1 Å². The number of pyridine rings is 1. The second-order valence-electron chi connectivity index (χ2n) is 5.51. The fraction of sp³-hybridized carbons (Fsp3) is 0.0526. The second-order valence-corrected chi connectivity index (χ2v) is 5.91. The topological polar surface area (TPSA) is 71.9 Å². The van der Waals surface area contributed by atoms with Crippen LogP contribution in [-0.4, -0.2) is 4.98 Å². The molecule has 1 aromatic heterocycles. The number of benzene rings is 2. The summed E-state index contributed by atoms with van der Waals surface area (Å²) in [5, 5.41) is 11.1. The largest absolute Gasteiger partial charge is 0.438 e. The Kier molecular flexibility index (Phi) is 3.37. The summed E-state index contributed by atoms with van der Waals surface area (Å²) in [5.74, 6) is 0.293. The van der Waals surface area contributed by atoms with Gasteiger partial charge >= 0.3 is 0 Å². The number of hydrogen-bond acceptors (Lipinski definition) is 4. The highest BCUT2D eigenvalue weighted by atomic mass is 35.5. The first-order valence-electron chi connectivity index (χ1n) is 7.40. The molecule has 0 saturated carbocycles. The Hall–Kier alpha value is -3.03. The van der Waals surface area contributed by atoms with Crippen molar-refractivity contribution in [3.63, 3.8) is 0 Å². The first-order chi connectivity index (χ1) is 11.7. The molecule has 2 aromatic carbocycles. The number of fused-ring (bicyclic) bond motifs is 3. The van der Waals surface area contributed by atoms with Crippen molar-refractivity contribution in [2.45, 2.75) is 5.92 Å². The summed E-state index contributed by atoms with van der Waals surface area (Å²) in [6, 6.07) is 17.3. The van der Waals surface area contributed by atoms with E-state index in [0.29, 0.717) is 21.9 Å². The lowest BCUT2D eigenvalue weighted by atomic mass is 9.83. The number of allylic oxidation sites excluding steroid dienone is 1. The van der Waals surface area contributed by atoms with Crippen molar-refractivity contribution >= 4 is 22.5 Å². The van der Waals surface area contributed by atoms with Crippen molar-refractivity contribution < 1.29 is 4.74 Å². The zero-order chi connectivity index (χ0) is 16.7. The van der Waals surface area contributed by atoms with E-state index in [0.717, 1.165) is 16.5 Å². The van der Waals surface area contributed by atoms with Gasteiger partial charge < -0.3 is 10.5 Å². The third-order valence-corrected chi connectivity index (χ3v) is 4.52. The normalized spacial score (nSPS) is 16.4. The molecule has 4 rings (SSSR count). The smallest absolute Gasteiger partial charge is 0.205 e. The number of aromatic nitrogens is 1. The van der Waals surface area contributed by atoms with Gasteiger partial charge in [0.15, 0.2) is 5.75 Å². The van der Waals surface area contributed by atoms with Crippen molar-refractivity contribution in [3.8, 4) is 11.8 Å². The van der Waals surface area contributed by atoms with Gasteiger partial charge in [0, 0.05) is 22.2 Å². The quantitative estimate of drug-likeness (QED) is 0.727. The van der Waals surface area contributed by atoms with Crippen LogP contribution < -0.4 is 10.5 Å². The van der Waals surface area contributed by atoms with E-state index in [1.54, 1.807) is 12.3 Å². The standard InChI is InChI=1S/C19H12ClN3O/c20-15-6-2-1-5-12(15)16-13-8-7-11-4-3-9-23-17(11)18(13)24-19(22)14(16)10-21/h1-9,16H,22H2. The molecular weight excluding hydrogens is 322 g/mol. The van der Waals surface area contributed by atoms with Gasteiger partial charge in [-0.3, -0.25) is 4.98 Å². The summed E-state index contributed by atoms with van der Waals surface area (Å²) < 4.78 is 5.77. The molecule has 0 bridgehead atoms. The number of nitrogens with zero attached hydrogens (tertiary/aromatic N) is 2. The average Bonchev–Trinajstić information content (AvgIpc) is 2.61. The fourth-order valence-corrected chi connectivity index (χ4v) is 3.33. The van der Waals surface area contributed by atoms with Crippen LogP contribution in [0.1, 0.15) is 17.0 Å². The highest BCUT2D eigenvalue weighted by molar-refractivity contribution is 6.31. The molecule has 4 nitrogen and oxygen atoms in total. The van der Waals surface area contributed by atoms with Crippen LogP contribution in [0.5, 0.6) is 5.75 Å². The van der Waals surface area contributed by atoms with Crippen LogP contribution in [-0.2, 0) is 0 Å². The molecule has 1 aliphatic rings. The Morgan fingerprint density at radius 2 is 1.92 bits per heavy atom. The molecule has 0 amide bonds. The van der Waals surface area contributed by atoms with Crippen LogP contribution in [0.2, 0.25) is 5.02 Å². The molecule has 2 heterocycles. The van der Waals surface area contributed by atoms with Gasteiger partial charge in [0.1, 0.15) is 17.2 Å². The second kappa shape index (κ2) is 5.55. The van der Waals surface area contributed by atoms with Gasteiger partial charge in [-0.25, -0.2) is 0 Å². The van der Waals surface area contributed by atoms with Gasteiger partial charge in [-0.2, -0.15) is 5.26 Å². The fourth-order valence-electron chi connectivity index (χ4n) is 3.08. The van der Waals surface area contributed by atoms with E-state index in [4.69, 9.17) is 22.1 Å². The monoisotopic (exact) mass is 333 g/mol. The third-order valence-electron chi connectivity index (χ3n) is 4.17. The van der Waals surface area contributed by atoms with Crippen LogP contribution in [0.15, 0.2) is 66.2 Å². The predicted octanol–water partition coefficient (Wildman–Crippen LogP) is 4.11. The van der Waals surface area contributed by atoms with Crippen molar-refractivity contribution in [2.24, 2.45) is 5.73 Å². The first kappa shape index (κ1) is 14.6. The molecule has 3 aromatic rings. The van der Waals surface area contributed by atoms with Crippen molar-refractivity contribution in [2.75, 3.05) is 0 Å². The minimum Gasteiger partial charge on any atom is -0.438 e. The number of ether oxygens (including phenoxy) is 1. The number of halogens is 1. The molecule has 0 radical (unpaired) electrons. The zero-order valence-corrected chi connectivity index (χ0v) is 13.3. The maximum absolute atomic E-state index is 9.60. The Balaban J connectivity index is 2.05. The summed E-state index contributed by atoms with van der Waals surface area (Å²) in [7, 11) is 0.